The topological polar surface area (TPSA) is 74.7 Å². The lowest BCUT2D eigenvalue weighted by Gasteiger charge is -2.52. The minimum absolute atomic E-state index is 0.0598. The van der Waals surface area contributed by atoms with Gasteiger partial charge in [0.25, 0.3) is 0 Å². The molecule has 1 fully saturated rings. The maximum Gasteiger partial charge on any atom is 0.337 e. The van der Waals surface area contributed by atoms with Crippen LogP contribution in [0.4, 0.5) is 5.69 Å². The number of carbonyl (C=O) groups is 3. The highest BCUT2D eigenvalue weighted by atomic mass is 35.5. The summed E-state index contributed by atoms with van der Waals surface area (Å²) in [6, 6.07) is 20.4. The summed E-state index contributed by atoms with van der Waals surface area (Å²) in [6.07, 6.45) is 0. The molecule has 0 unspecified atom stereocenters. The number of anilines is 1. The van der Waals surface area contributed by atoms with E-state index in [-0.39, 0.29) is 34.0 Å². The molecular formula is C26H18ClNO4. The van der Waals surface area contributed by atoms with Gasteiger partial charge in [0.05, 0.1) is 28.1 Å². The third-order valence-corrected chi connectivity index (χ3v) is 7.81. The Labute approximate surface area is 189 Å². The van der Waals surface area contributed by atoms with Crippen LogP contribution in [0.15, 0.2) is 66.7 Å². The number of rotatable bonds is 2. The van der Waals surface area contributed by atoms with Crippen LogP contribution in [0.1, 0.15) is 45.5 Å². The molecule has 2 amide bonds. The maximum atomic E-state index is 13.9. The second-order valence-electron chi connectivity index (χ2n) is 8.84. The van der Waals surface area contributed by atoms with E-state index in [9.17, 15) is 19.5 Å². The number of aromatic carboxylic acids is 1. The van der Waals surface area contributed by atoms with Gasteiger partial charge in [-0.05, 0) is 40.5 Å². The first kappa shape index (κ1) is 19.3. The predicted octanol–water partition coefficient (Wildman–Crippen LogP) is 4.61. The van der Waals surface area contributed by atoms with Crippen molar-refractivity contribution in [2.45, 2.75) is 18.3 Å². The van der Waals surface area contributed by atoms with Gasteiger partial charge in [-0.1, -0.05) is 67.1 Å². The summed E-state index contributed by atoms with van der Waals surface area (Å²) in [6.45, 7) is 2.05. The van der Waals surface area contributed by atoms with Crippen molar-refractivity contribution in [1.82, 2.24) is 0 Å². The lowest BCUT2D eigenvalue weighted by molar-refractivity contribution is -0.123. The van der Waals surface area contributed by atoms with E-state index in [1.165, 1.54) is 23.1 Å². The van der Waals surface area contributed by atoms with E-state index in [1.54, 1.807) is 0 Å². The van der Waals surface area contributed by atoms with Crippen molar-refractivity contribution in [3.8, 4) is 0 Å². The fourth-order valence-electron chi connectivity index (χ4n) is 6.22. The van der Waals surface area contributed by atoms with Crippen LogP contribution in [0.25, 0.3) is 0 Å². The predicted molar refractivity (Wildman–Crippen MR) is 119 cm³/mol. The molecule has 3 aliphatic carbocycles. The van der Waals surface area contributed by atoms with E-state index in [4.69, 9.17) is 11.6 Å². The van der Waals surface area contributed by atoms with E-state index < -0.39 is 23.2 Å². The molecular weight excluding hydrogens is 426 g/mol. The molecule has 5 nitrogen and oxygen atoms in total. The second kappa shape index (κ2) is 6.30. The molecule has 1 saturated heterocycles. The molecule has 2 bridgehead atoms. The molecule has 0 aromatic heterocycles. The van der Waals surface area contributed by atoms with Gasteiger partial charge in [0.1, 0.15) is 0 Å². The van der Waals surface area contributed by atoms with E-state index in [0.29, 0.717) is 0 Å². The van der Waals surface area contributed by atoms with Crippen molar-refractivity contribution < 1.29 is 19.5 Å². The number of amides is 2. The first-order valence-electron chi connectivity index (χ1n) is 10.4. The molecule has 0 saturated carbocycles. The Hall–Kier alpha value is -3.44. The van der Waals surface area contributed by atoms with Crippen LogP contribution in [0, 0.1) is 11.8 Å². The molecule has 32 heavy (non-hydrogen) atoms. The first-order chi connectivity index (χ1) is 15.4. The zero-order valence-electron chi connectivity index (χ0n) is 17.1. The van der Waals surface area contributed by atoms with Crippen LogP contribution >= 0.6 is 11.6 Å². The number of imide groups is 1. The molecule has 1 heterocycles. The van der Waals surface area contributed by atoms with Gasteiger partial charge in [-0.15, -0.1) is 0 Å². The molecule has 3 aromatic carbocycles. The highest BCUT2D eigenvalue weighted by Gasteiger charge is 2.66. The van der Waals surface area contributed by atoms with Crippen molar-refractivity contribution in [1.29, 1.82) is 0 Å². The van der Waals surface area contributed by atoms with Gasteiger partial charge in [-0.2, -0.15) is 0 Å². The van der Waals surface area contributed by atoms with E-state index in [0.717, 1.165) is 22.3 Å². The minimum Gasteiger partial charge on any atom is -0.478 e. The Balaban J connectivity index is 1.58. The SMILES string of the molecule is CC12c3ccccc3C(c3ccccc31)[C@@H]1C(=O)N(c3ccc(Cl)c(C(=O)O)c3)C(=O)[C@@H]12. The number of carboxylic acid groups (broad SMARTS) is 1. The molecule has 3 aromatic rings. The molecule has 6 heteroatoms. The third-order valence-electron chi connectivity index (χ3n) is 7.48. The molecule has 158 valence electrons. The van der Waals surface area contributed by atoms with Gasteiger partial charge in [0, 0.05) is 11.3 Å². The summed E-state index contributed by atoms with van der Waals surface area (Å²) in [5.41, 5.74) is 3.77. The average molecular weight is 444 g/mol. The van der Waals surface area contributed by atoms with Gasteiger partial charge in [-0.25, -0.2) is 9.69 Å². The molecule has 0 spiro atoms. The zero-order valence-corrected chi connectivity index (χ0v) is 17.8. The van der Waals surface area contributed by atoms with Crippen LogP contribution in [0.5, 0.6) is 0 Å². The van der Waals surface area contributed by atoms with Crippen molar-refractivity contribution in [2.75, 3.05) is 4.90 Å². The van der Waals surface area contributed by atoms with Crippen LogP contribution in [0.2, 0.25) is 5.02 Å². The number of carboxylic acids is 1. The average Bonchev–Trinajstić information content (AvgIpc) is 3.06. The third kappa shape index (κ3) is 2.16. The van der Waals surface area contributed by atoms with Crippen molar-refractivity contribution in [3.63, 3.8) is 0 Å². The van der Waals surface area contributed by atoms with Crippen molar-refractivity contribution in [3.05, 3.63) is 99.6 Å². The van der Waals surface area contributed by atoms with E-state index in [1.807, 2.05) is 24.3 Å². The van der Waals surface area contributed by atoms with E-state index >= 15 is 0 Å². The van der Waals surface area contributed by atoms with Gasteiger partial charge in [-0.3, -0.25) is 9.59 Å². The molecule has 1 N–H and O–H groups in total. The standard InChI is InChI=1S/C26H18ClNO4/c1-26-17-8-4-2-6-14(17)20(15-7-3-5-9-18(15)26)21-22(26)24(30)28(23(21)29)13-10-11-19(27)16(12-13)25(31)32/h2-12,20-22H,1H3,(H,31,32)/t20?,21-,22+,26?/m0/s1. The largest absolute Gasteiger partial charge is 0.478 e. The number of benzene rings is 3. The number of nitrogens with zero attached hydrogens (tertiary/aromatic N) is 1. The molecule has 4 aliphatic rings. The fraction of sp³-hybridized carbons (Fsp3) is 0.192. The summed E-state index contributed by atoms with van der Waals surface area (Å²) in [5, 5.41) is 9.53. The summed E-state index contributed by atoms with van der Waals surface area (Å²) < 4.78 is 0. The lowest BCUT2D eigenvalue weighted by atomic mass is 9.48. The van der Waals surface area contributed by atoms with Crippen LogP contribution in [-0.2, 0) is 15.0 Å². The van der Waals surface area contributed by atoms with Crippen LogP contribution in [-0.4, -0.2) is 22.9 Å². The fourth-order valence-corrected chi connectivity index (χ4v) is 6.42. The Morgan fingerprint density at radius 2 is 1.53 bits per heavy atom. The van der Waals surface area contributed by atoms with E-state index in [2.05, 4.69) is 31.2 Å². The Kier molecular flexibility index (Phi) is 3.79. The Bertz CT molecular complexity index is 1320. The molecule has 2 atom stereocenters. The minimum atomic E-state index is -1.21. The quantitative estimate of drug-likeness (QED) is 0.587. The number of carbonyl (C=O) groups excluding carboxylic acids is 2. The normalized spacial score (nSPS) is 27.2. The lowest BCUT2D eigenvalue weighted by Crippen LogP contribution is -2.51. The first-order valence-corrected chi connectivity index (χ1v) is 10.8. The maximum absolute atomic E-state index is 13.9. The Morgan fingerprint density at radius 3 is 2.12 bits per heavy atom. The monoisotopic (exact) mass is 443 g/mol. The highest BCUT2D eigenvalue weighted by Crippen LogP contribution is 2.64. The smallest absolute Gasteiger partial charge is 0.337 e. The van der Waals surface area contributed by atoms with Gasteiger partial charge in [0.2, 0.25) is 11.8 Å². The zero-order chi connectivity index (χ0) is 22.4. The van der Waals surface area contributed by atoms with Crippen molar-refractivity contribution >= 4 is 35.1 Å². The summed E-state index contributed by atoms with van der Waals surface area (Å²) in [4.78, 5) is 40.4. The molecule has 7 rings (SSSR count). The van der Waals surface area contributed by atoms with Crippen LogP contribution in [0.3, 0.4) is 0 Å². The second-order valence-corrected chi connectivity index (χ2v) is 9.25. The van der Waals surface area contributed by atoms with Gasteiger partial charge < -0.3 is 5.11 Å². The summed E-state index contributed by atoms with van der Waals surface area (Å²) in [5.74, 6) is -3.12. The summed E-state index contributed by atoms with van der Waals surface area (Å²) in [7, 11) is 0. The van der Waals surface area contributed by atoms with Crippen molar-refractivity contribution in [2.24, 2.45) is 11.8 Å². The number of hydrogen-bond donors (Lipinski definition) is 1. The van der Waals surface area contributed by atoms with Crippen LogP contribution < -0.4 is 4.90 Å². The number of halogens is 1. The van der Waals surface area contributed by atoms with Gasteiger partial charge >= 0.3 is 5.97 Å². The summed E-state index contributed by atoms with van der Waals surface area (Å²) >= 11 is 6.02. The molecule has 0 radical (unpaired) electrons. The Morgan fingerprint density at radius 1 is 0.938 bits per heavy atom. The molecule has 1 aliphatic heterocycles. The van der Waals surface area contributed by atoms with Gasteiger partial charge in [0.15, 0.2) is 0 Å². The number of hydrogen-bond acceptors (Lipinski definition) is 3. The highest BCUT2D eigenvalue weighted by molar-refractivity contribution is 6.34.